The minimum absolute atomic E-state index is 0.315. The SMILES string of the molecule is CC12CCC(C1)C(C)(C)C2NCCOCC(F)F. The van der Waals surface area contributed by atoms with Crippen molar-refractivity contribution in [3.8, 4) is 0 Å². The fourth-order valence-electron chi connectivity index (χ4n) is 4.26. The van der Waals surface area contributed by atoms with E-state index in [-0.39, 0.29) is 0 Å². The van der Waals surface area contributed by atoms with Gasteiger partial charge in [-0.2, -0.15) is 0 Å². The summed E-state index contributed by atoms with van der Waals surface area (Å²) in [6.45, 7) is 7.62. The second-order valence-electron chi connectivity index (χ2n) is 6.77. The predicted octanol–water partition coefficient (Wildman–Crippen LogP) is 3.07. The highest BCUT2D eigenvalue weighted by atomic mass is 19.3. The maximum absolute atomic E-state index is 11.9. The summed E-state index contributed by atoms with van der Waals surface area (Å²) in [5.41, 5.74) is 0.701. The van der Waals surface area contributed by atoms with Crippen LogP contribution in [0.2, 0.25) is 0 Å². The van der Waals surface area contributed by atoms with Gasteiger partial charge in [0.2, 0.25) is 0 Å². The molecule has 1 N–H and O–H groups in total. The van der Waals surface area contributed by atoms with Gasteiger partial charge >= 0.3 is 0 Å². The maximum atomic E-state index is 11.9. The molecule has 2 rings (SSSR count). The molecule has 2 nitrogen and oxygen atoms in total. The van der Waals surface area contributed by atoms with Gasteiger partial charge < -0.3 is 10.1 Å². The third-order valence-corrected chi connectivity index (χ3v) is 5.11. The van der Waals surface area contributed by atoms with Gasteiger partial charge in [0.25, 0.3) is 6.43 Å². The fourth-order valence-corrected chi connectivity index (χ4v) is 4.26. The molecule has 18 heavy (non-hydrogen) atoms. The van der Waals surface area contributed by atoms with E-state index >= 15 is 0 Å². The largest absolute Gasteiger partial charge is 0.374 e. The van der Waals surface area contributed by atoms with Crippen LogP contribution in [0.25, 0.3) is 0 Å². The van der Waals surface area contributed by atoms with Crippen LogP contribution in [0.5, 0.6) is 0 Å². The van der Waals surface area contributed by atoms with E-state index in [2.05, 4.69) is 26.1 Å². The van der Waals surface area contributed by atoms with Gasteiger partial charge in [-0.3, -0.25) is 0 Å². The first-order valence-corrected chi connectivity index (χ1v) is 6.95. The Morgan fingerprint density at radius 2 is 2.06 bits per heavy atom. The van der Waals surface area contributed by atoms with E-state index < -0.39 is 13.0 Å². The Bertz CT molecular complexity index is 291. The topological polar surface area (TPSA) is 21.3 Å². The van der Waals surface area contributed by atoms with Gasteiger partial charge in [0.05, 0.1) is 6.61 Å². The first-order valence-electron chi connectivity index (χ1n) is 6.95. The van der Waals surface area contributed by atoms with Crippen LogP contribution in [0.15, 0.2) is 0 Å². The van der Waals surface area contributed by atoms with Crippen LogP contribution in [-0.4, -0.2) is 32.2 Å². The van der Waals surface area contributed by atoms with Crippen LogP contribution in [-0.2, 0) is 4.74 Å². The smallest absolute Gasteiger partial charge is 0.261 e. The minimum atomic E-state index is -2.36. The van der Waals surface area contributed by atoms with Crippen LogP contribution in [0, 0.1) is 16.7 Å². The monoisotopic (exact) mass is 261 g/mol. The van der Waals surface area contributed by atoms with E-state index in [4.69, 9.17) is 4.74 Å². The number of hydrogen-bond acceptors (Lipinski definition) is 2. The van der Waals surface area contributed by atoms with Crippen LogP contribution < -0.4 is 5.32 Å². The number of alkyl halides is 2. The van der Waals surface area contributed by atoms with E-state index in [9.17, 15) is 8.78 Å². The maximum Gasteiger partial charge on any atom is 0.261 e. The number of fused-ring (bicyclic) bond motifs is 2. The van der Waals surface area contributed by atoms with Gasteiger partial charge in [0.15, 0.2) is 0 Å². The zero-order valence-corrected chi connectivity index (χ0v) is 11.6. The van der Waals surface area contributed by atoms with Crippen molar-refractivity contribution in [3.05, 3.63) is 0 Å². The first-order chi connectivity index (χ1) is 8.36. The van der Waals surface area contributed by atoms with E-state index in [1.165, 1.54) is 19.3 Å². The van der Waals surface area contributed by atoms with Crippen molar-refractivity contribution < 1.29 is 13.5 Å². The number of halogens is 2. The molecule has 0 aliphatic heterocycles. The minimum Gasteiger partial charge on any atom is -0.374 e. The van der Waals surface area contributed by atoms with Crippen molar-refractivity contribution in [2.75, 3.05) is 19.8 Å². The molecule has 3 unspecified atom stereocenters. The standard InChI is InChI=1S/C14H25F2NO/c1-13(2)10-4-5-14(3,8-10)12(13)17-6-7-18-9-11(15)16/h10-12,17H,4-9H2,1-3H3. The lowest BCUT2D eigenvalue weighted by molar-refractivity contribution is 0.0142. The van der Waals surface area contributed by atoms with Gasteiger partial charge in [-0.1, -0.05) is 20.8 Å². The Labute approximate surface area is 108 Å². The van der Waals surface area contributed by atoms with E-state index in [1.807, 2.05) is 0 Å². The first kappa shape index (κ1) is 14.2. The quantitative estimate of drug-likeness (QED) is 0.742. The van der Waals surface area contributed by atoms with Gasteiger partial charge in [-0.15, -0.1) is 0 Å². The molecule has 0 spiro atoms. The summed E-state index contributed by atoms with van der Waals surface area (Å²) in [6, 6.07) is 0.485. The summed E-state index contributed by atoms with van der Waals surface area (Å²) in [5.74, 6) is 0.807. The molecule has 106 valence electrons. The molecule has 2 fully saturated rings. The molecule has 0 aromatic rings. The molecular weight excluding hydrogens is 236 g/mol. The lowest BCUT2D eigenvalue weighted by Crippen LogP contribution is -2.51. The summed E-state index contributed by atoms with van der Waals surface area (Å²) >= 11 is 0. The van der Waals surface area contributed by atoms with Crippen molar-refractivity contribution in [1.29, 1.82) is 0 Å². The zero-order valence-electron chi connectivity index (χ0n) is 11.6. The summed E-state index contributed by atoms with van der Waals surface area (Å²) < 4.78 is 28.8. The molecule has 0 radical (unpaired) electrons. The highest BCUT2D eigenvalue weighted by Gasteiger charge is 2.58. The Morgan fingerprint density at radius 1 is 1.33 bits per heavy atom. The van der Waals surface area contributed by atoms with Crippen LogP contribution in [0.1, 0.15) is 40.0 Å². The second-order valence-corrected chi connectivity index (χ2v) is 6.77. The summed E-state index contributed by atoms with van der Waals surface area (Å²) in [5, 5.41) is 3.55. The molecule has 4 heteroatoms. The average Bonchev–Trinajstić information content (AvgIpc) is 2.72. The summed E-state index contributed by atoms with van der Waals surface area (Å²) in [4.78, 5) is 0. The van der Waals surface area contributed by atoms with Crippen LogP contribution in [0.4, 0.5) is 8.78 Å². The molecule has 0 heterocycles. The van der Waals surface area contributed by atoms with Crippen molar-refractivity contribution in [2.24, 2.45) is 16.7 Å². The molecule has 2 saturated carbocycles. The average molecular weight is 261 g/mol. The number of nitrogens with one attached hydrogen (secondary N) is 1. The molecule has 0 amide bonds. The lowest BCUT2D eigenvalue weighted by Gasteiger charge is -2.43. The molecule has 3 atom stereocenters. The van der Waals surface area contributed by atoms with Gasteiger partial charge in [0, 0.05) is 12.6 Å². The van der Waals surface area contributed by atoms with Crippen LogP contribution in [0.3, 0.4) is 0 Å². The second kappa shape index (κ2) is 5.04. The van der Waals surface area contributed by atoms with Crippen molar-refractivity contribution in [3.63, 3.8) is 0 Å². The molecule has 2 bridgehead atoms. The highest BCUT2D eigenvalue weighted by molar-refractivity contribution is 5.11. The Morgan fingerprint density at radius 3 is 2.61 bits per heavy atom. The van der Waals surface area contributed by atoms with Gasteiger partial charge in [0.1, 0.15) is 6.61 Å². The molecule has 0 aromatic carbocycles. The third-order valence-electron chi connectivity index (χ3n) is 5.11. The van der Waals surface area contributed by atoms with Crippen molar-refractivity contribution in [1.82, 2.24) is 5.32 Å². The molecule has 2 aliphatic rings. The van der Waals surface area contributed by atoms with Gasteiger partial charge in [-0.05, 0) is 36.0 Å². The normalized spacial score (nSPS) is 37.7. The lowest BCUT2D eigenvalue weighted by atomic mass is 9.68. The Balaban J connectivity index is 1.78. The molecule has 0 saturated heterocycles. The van der Waals surface area contributed by atoms with Crippen LogP contribution >= 0.6 is 0 Å². The number of hydrogen-bond donors (Lipinski definition) is 1. The third kappa shape index (κ3) is 2.55. The summed E-state index contributed by atoms with van der Waals surface area (Å²) in [6.07, 6.45) is 1.57. The van der Waals surface area contributed by atoms with E-state index in [1.54, 1.807) is 0 Å². The fraction of sp³-hybridized carbons (Fsp3) is 1.00. The molecular formula is C14H25F2NO. The Hall–Kier alpha value is -0.220. The van der Waals surface area contributed by atoms with Gasteiger partial charge in [-0.25, -0.2) is 8.78 Å². The summed E-state index contributed by atoms with van der Waals surface area (Å²) in [7, 11) is 0. The van der Waals surface area contributed by atoms with Crippen molar-refractivity contribution in [2.45, 2.75) is 52.5 Å². The predicted molar refractivity (Wildman–Crippen MR) is 67.8 cm³/mol. The Kier molecular flexibility index (Phi) is 3.98. The van der Waals surface area contributed by atoms with E-state index in [0.717, 1.165) is 5.92 Å². The highest BCUT2D eigenvalue weighted by Crippen LogP contribution is 2.62. The van der Waals surface area contributed by atoms with E-state index in [0.29, 0.717) is 30.0 Å². The number of ether oxygens (including phenoxy) is 1. The number of rotatable bonds is 6. The zero-order chi connectivity index (χ0) is 13.4. The molecule has 2 aliphatic carbocycles. The molecule has 0 aromatic heterocycles. The van der Waals surface area contributed by atoms with Crippen molar-refractivity contribution >= 4 is 0 Å².